The fraction of sp³-hybridized carbons (Fsp3) is 0.214. The minimum atomic E-state index is 0.494. The molecule has 1 aliphatic rings. The normalized spacial score (nSPS) is 17.6. The number of benzene rings is 1. The molecule has 0 bridgehead atoms. The lowest BCUT2D eigenvalue weighted by atomic mass is 9.98. The van der Waals surface area contributed by atoms with Gasteiger partial charge in [-0.2, -0.15) is 5.10 Å². The van der Waals surface area contributed by atoms with Crippen LogP contribution in [0.25, 0.3) is 11.5 Å². The van der Waals surface area contributed by atoms with Gasteiger partial charge in [0.05, 0.1) is 0 Å². The lowest BCUT2D eigenvalue weighted by Crippen LogP contribution is -2.03. The first-order chi connectivity index (χ1) is 9.42. The van der Waals surface area contributed by atoms with Crippen molar-refractivity contribution in [2.45, 2.75) is 18.9 Å². The highest BCUT2D eigenvalue weighted by Gasteiger charge is 2.27. The van der Waals surface area contributed by atoms with Crippen LogP contribution in [0.15, 0.2) is 42.6 Å². The van der Waals surface area contributed by atoms with E-state index in [1.54, 1.807) is 6.20 Å². The zero-order valence-electron chi connectivity index (χ0n) is 10.3. The maximum atomic E-state index is 4.29. The molecule has 19 heavy (non-hydrogen) atoms. The standard InChI is InChI=1S/C14H13N5/c1-2-4-10(5-3-1)11-8-13-17-18-14(19(13)9-11)12-6-7-15-16-12/h1-7,11H,8-9H2,(H,15,16). The maximum absolute atomic E-state index is 4.29. The second kappa shape index (κ2) is 4.05. The molecule has 5 nitrogen and oxygen atoms in total. The number of nitrogens with zero attached hydrogens (tertiary/aromatic N) is 4. The predicted molar refractivity (Wildman–Crippen MR) is 70.5 cm³/mol. The highest BCUT2D eigenvalue weighted by atomic mass is 15.3. The number of aromatic nitrogens is 5. The van der Waals surface area contributed by atoms with Crippen molar-refractivity contribution < 1.29 is 0 Å². The Labute approximate surface area is 110 Å². The van der Waals surface area contributed by atoms with E-state index in [1.807, 2.05) is 6.07 Å². The first-order valence-electron chi connectivity index (χ1n) is 6.38. The summed E-state index contributed by atoms with van der Waals surface area (Å²) in [7, 11) is 0. The molecule has 0 saturated heterocycles. The topological polar surface area (TPSA) is 59.4 Å². The van der Waals surface area contributed by atoms with Gasteiger partial charge in [-0.1, -0.05) is 30.3 Å². The molecule has 2 aromatic heterocycles. The van der Waals surface area contributed by atoms with E-state index in [-0.39, 0.29) is 0 Å². The lowest BCUT2D eigenvalue weighted by Gasteiger charge is -2.09. The summed E-state index contributed by atoms with van der Waals surface area (Å²) in [6.45, 7) is 0.931. The smallest absolute Gasteiger partial charge is 0.182 e. The number of rotatable bonds is 2. The zero-order chi connectivity index (χ0) is 12.7. The average molecular weight is 251 g/mol. The van der Waals surface area contributed by atoms with Gasteiger partial charge in [-0.25, -0.2) is 0 Å². The molecule has 0 spiro atoms. The van der Waals surface area contributed by atoms with Crippen LogP contribution in [-0.2, 0) is 13.0 Å². The Morgan fingerprint density at radius 2 is 2.00 bits per heavy atom. The van der Waals surface area contributed by atoms with Crippen LogP contribution in [0.5, 0.6) is 0 Å². The van der Waals surface area contributed by atoms with Gasteiger partial charge < -0.3 is 4.57 Å². The Morgan fingerprint density at radius 1 is 1.11 bits per heavy atom. The van der Waals surface area contributed by atoms with E-state index in [0.717, 1.165) is 30.3 Å². The van der Waals surface area contributed by atoms with E-state index >= 15 is 0 Å². The molecule has 0 radical (unpaired) electrons. The number of hydrogen-bond donors (Lipinski definition) is 1. The van der Waals surface area contributed by atoms with Crippen LogP contribution in [0.4, 0.5) is 0 Å². The van der Waals surface area contributed by atoms with Crippen LogP contribution in [-0.4, -0.2) is 25.0 Å². The van der Waals surface area contributed by atoms with Crippen LogP contribution in [0.3, 0.4) is 0 Å². The number of aromatic amines is 1. The monoisotopic (exact) mass is 251 g/mol. The van der Waals surface area contributed by atoms with Crippen molar-refractivity contribution >= 4 is 0 Å². The maximum Gasteiger partial charge on any atom is 0.182 e. The summed E-state index contributed by atoms with van der Waals surface area (Å²) < 4.78 is 2.19. The second-order valence-electron chi connectivity index (χ2n) is 4.83. The van der Waals surface area contributed by atoms with E-state index in [4.69, 9.17) is 0 Å². The summed E-state index contributed by atoms with van der Waals surface area (Å²) in [5.41, 5.74) is 2.29. The third kappa shape index (κ3) is 1.66. The molecular weight excluding hydrogens is 238 g/mol. The van der Waals surface area contributed by atoms with Gasteiger partial charge >= 0.3 is 0 Å². The van der Waals surface area contributed by atoms with Crippen molar-refractivity contribution in [1.29, 1.82) is 0 Å². The summed E-state index contributed by atoms with van der Waals surface area (Å²) in [6.07, 6.45) is 2.69. The Bertz CT molecular complexity index is 684. The molecule has 1 N–H and O–H groups in total. The molecule has 3 heterocycles. The second-order valence-corrected chi connectivity index (χ2v) is 4.83. The Morgan fingerprint density at radius 3 is 2.79 bits per heavy atom. The van der Waals surface area contributed by atoms with Crippen molar-refractivity contribution in [3.8, 4) is 11.5 Å². The van der Waals surface area contributed by atoms with Crippen molar-refractivity contribution in [2.24, 2.45) is 0 Å². The van der Waals surface area contributed by atoms with E-state index in [9.17, 15) is 0 Å². The lowest BCUT2D eigenvalue weighted by molar-refractivity contribution is 0.649. The minimum absolute atomic E-state index is 0.494. The van der Waals surface area contributed by atoms with Crippen LogP contribution in [0.2, 0.25) is 0 Å². The molecule has 0 fully saturated rings. The molecule has 1 unspecified atom stereocenters. The molecule has 5 heteroatoms. The van der Waals surface area contributed by atoms with Crippen LogP contribution >= 0.6 is 0 Å². The van der Waals surface area contributed by atoms with Crippen LogP contribution < -0.4 is 0 Å². The Balaban J connectivity index is 1.69. The zero-order valence-corrected chi connectivity index (χ0v) is 10.3. The van der Waals surface area contributed by atoms with Gasteiger partial charge in [-0.3, -0.25) is 5.10 Å². The predicted octanol–water partition coefficient (Wildman–Crippen LogP) is 2.01. The van der Waals surface area contributed by atoms with Gasteiger partial charge in [0.1, 0.15) is 11.5 Å². The number of hydrogen-bond acceptors (Lipinski definition) is 3. The van der Waals surface area contributed by atoms with Crippen LogP contribution in [0, 0.1) is 0 Å². The molecular formula is C14H13N5. The van der Waals surface area contributed by atoms with Gasteiger partial charge in [0.2, 0.25) is 0 Å². The molecule has 0 aliphatic carbocycles. The number of fused-ring (bicyclic) bond motifs is 1. The largest absolute Gasteiger partial charge is 0.309 e. The number of H-pyrrole nitrogens is 1. The molecule has 3 aromatic rings. The minimum Gasteiger partial charge on any atom is -0.309 e. The highest BCUT2D eigenvalue weighted by Crippen LogP contribution is 2.31. The van der Waals surface area contributed by atoms with Gasteiger partial charge in [-0.15, -0.1) is 10.2 Å². The van der Waals surface area contributed by atoms with E-state index in [2.05, 4.69) is 55.3 Å². The van der Waals surface area contributed by atoms with Gasteiger partial charge in [-0.05, 0) is 11.6 Å². The van der Waals surface area contributed by atoms with Gasteiger partial charge in [0.25, 0.3) is 0 Å². The van der Waals surface area contributed by atoms with Crippen molar-refractivity contribution in [2.75, 3.05) is 0 Å². The molecule has 1 atom stereocenters. The summed E-state index contributed by atoms with van der Waals surface area (Å²) in [6, 6.07) is 12.5. The summed E-state index contributed by atoms with van der Waals surface area (Å²) in [5.74, 6) is 2.43. The first-order valence-corrected chi connectivity index (χ1v) is 6.38. The molecule has 0 amide bonds. The first kappa shape index (κ1) is 10.5. The average Bonchev–Trinajstić information content (AvgIpc) is 3.15. The quantitative estimate of drug-likeness (QED) is 0.758. The van der Waals surface area contributed by atoms with Crippen LogP contribution in [0.1, 0.15) is 17.3 Å². The SMILES string of the molecule is c1ccc(C2Cc3nnc(-c4ccn[nH]4)n3C2)cc1. The summed E-state index contributed by atoms with van der Waals surface area (Å²) in [4.78, 5) is 0. The number of nitrogens with one attached hydrogen (secondary N) is 1. The third-order valence-electron chi connectivity index (χ3n) is 3.67. The molecule has 4 rings (SSSR count). The molecule has 1 aromatic carbocycles. The van der Waals surface area contributed by atoms with Crippen molar-refractivity contribution in [3.63, 3.8) is 0 Å². The summed E-state index contributed by atoms with van der Waals surface area (Å²) in [5, 5.41) is 15.5. The van der Waals surface area contributed by atoms with Crippen molar-refractivity contribution in [3.05, 3.63) is 54.0 Å². The summed E-state index contributed by atoms with van der Waals surface area (Å²) >= 11 is 0. The molecule has 94 valence electrons. The Kier molecular flexibility index (Phi) is 2.24. The fourth-order valence-electron chi connectivity index (χ4n) is 2.71. The highest BCUT2D eigenvalue weighted by molar-refractivity contribution is 5.49. The van der Waals surface area contributed by atoms with E-state index in [1.165, 1.54) is 5.56 Å². The fourth-order valence-corrected chi connectivity index (χ4v) is 2.71. The van der Waals surface area contributed by atoms with Gasteiger partial charge in [0, 0.05) is 25.1 Å². The molecule has 0 saturated carbocycles. The Hall–Kier alpha value is -2.43. The third-order valence-corrected chi connectivity index (χ3v) is 3.67. The van der Waals surface area contributed by atoms with Gasteiger partial charge in [0.15, 0.2) is 5.82 Å². The van der Waals surface area contributed by atoms with Crippen molar-refractivity contribution in [1.82, 2.24) is 25.0 Å². The van der Waals surface area contributed by atoms with E-state index in [0.29, 0.717) is 5.92 Å². The molecule has 1 aliphatic heterocycles. The van der Waals surface area contributed by atoms with E-state index < -0.39 is 0 Å².